The fourth-order valence-corrected chi connectivity index (χ4v) is 6.85. The minimum Gasteiger partial charge on any atom is -0.493 e. The van der Waals surface area contributed by atoms with Crippen LogP contribution in [0.3, 0.4) is 0 Å². The van der Waals surface area contributed by atoms with E-state index in [-0.39, 0.29) is 25.0 Å². The number of nitrogens with one attached hydrogen (secondary N) is 2. The van der Waals surface area contributed by atoms with Gasteiger partial charge in [-0.2, -0.15) is 0 Å². The number of hydrogen-bond acceptors (Lipinski definition) is 6. The predicted octanol–water partition coefficient (Wildman–Crippen LogP) is 5.12. The number of amides is 2. The normalized spacial score (nSPS) is 24.5. The molecule has 3 saturated heterocycles. The molecule has 3 aliphatic rings. The van der Waals surface area contributed by atoms with Crippen molar-refractivity contribution in [1.82, 2.24) is 0 Å². The third-order valence-electron chi connectivity index (χ3n) is 9.18. The predicted molar refractivity (Wildman–Crippen MR) is 164 cm³/mol. The molecule has 9 heteroatoms. The molecule has 3 aromatic rings. The minimum atomic E-state index is -0.463. The summed E-state index contributed by atoms with van der Waals surface area (Å²) in [5.41, 5.74) is 4.71. The number of rotatable bonds is 10. The van der Waals surface area contributed by atoms with Gasteiger partial charge in [-0.05, 0) is 36.6 Å². The van der Waals surface area contributed by atoms with Crippen molar-refractivity contribution in [3.8, 4) is 16.9 Å². The molecular weight excluding hydrogens is 546 g/mol. The molecule has 1 unspecified atom stereocenters. The summed E-state index contributed by atoms with van der Waals surface area (Å²) in [7, 11) is 4.51. The number of carbonyl (C=O) groups excluding carboxylic acids is 2. The van der Waals surface area contributed by atoms with E-state index >= 15 is 0 Å². The lowest BCUT2D eigenvalue weighted by molar-refractivity contribution is -0.938. The Morgan fingerprint density at radius 3 is 2.42 bits per heavy atom. The molecule has 6 rings (SSSR count). The number of piperidine rings is 1. The Morgan fingerprint density at radius 2 is 1.72 bits per heavy atom. The van der Waals surface area contributed by atoms with Gasteiger partial charge in [-0.25, -0.2) is 4.79 Å². The van der Waals surface area contributed by atoms with Gasteiger partial charge in [0.2, 0.25) is 5.91 Å². The molecule has 43 heavy (non-hydrogen) atoms. The molecule has 9 nitrogen and oxygen atoms in total. The first-order valence-electron chi connectivity index (χ1n) is 15.1. The topological polar surface area (TPSA) is 109 Å². The summed E-state index contributed by atoms with van der Waals surface area (Å²) in [6, 6.07) is 21.7. The number of hydrogen-bond donors (Lipinski definition) is 3. The van der Waals surface area contributed by atoms with Crippen molar-refractivity contribution in [2.75, 3.05) is 31.3 Å². The van der Waals surface area contributed by atoms with Crippen molar-refractivity contribution in [2.24, 2.45) is 0 Å². The summed E-state index contributed by atoms with van der Waals surface area (Å²) in [5, 5.41) is 15.5. The van der Waals surface area contributed by atoms with Gasteiger partial charge in [0.25, 0.3) is 0 Å². The van der Waals surface area contributed by atoms with Crippen LogP contribution in [-0.2, 0) is 27.3 Å². The Labute approximate surface area is 252 Å². The van der Waals surface area contributed by atoms with E-state index in [1.165, 1.54) is 0 Å². The highest BCUT2D eigenvalue weighted by Gasteiger charge is 2.70. The van der Waals surface area contributed by atoms with E-state index in [2.05, 4.69) is 24.7 Å². The molecule has 0 saturated carbocycles. The van der Waals surface area contributed by atoms with Crippen LogP contribution in [0, 0.1) is 0 Å². The van der Waals surface area contributed by atoms with Gasteiger partial charge in [-0.15, -0.1) is 0 Å². The SMILES string of the molecule is CCOc1cc(NC(=O)CCc2ccc(-c3ccccc3)c(NC(=O)OC3C[C@@H]4[C@H]5O[C@H]5[C@H](C3)[N+]4(C)C)c2)ccc1CO. The van der Waals surface area contributed by atoms with Gasteiger partial charge >= 0.3 is 6.09 Å². The van der Waals surface area contributed by atoms with Crippen LogP contribution in [0.15, 0.2) is 66.7 Å². The fraction of sp³-hybridized carbons (Fsp3) is 0.412. The molecule has 0 spiro atoms. The van der Waals surface area contributed by atoms with Gasteiger partial charge in [0.05, 0.1) is 33.0 Å². The van der Waals surface area contributed by atoms with Crippen LogP contribution < -0.4 is 15.4 Å². The number of aliphatic hydroxyl groups is 1. The Hall–Kier alpha value is -3.92. The van der Waals surface area contributed by atoms with Crippen molar-refractivity contribution in [3.63, 3.8) is 0 Å². The van der Waals surface area contributed by atoms with Crippen LogP contribution in [0.4, 0.5) is 16.2 Å². The average Bonchev–Trinajstić information content (AvgIpc) is 3.76. The number of carbonyl (C=O) groups is 2. The van der Waals surface area contributed by atoms with Gasteiger partial charge in [0.15, 0.2) is 0 Å². The number of morpholine rings is 1. The summed E-state index contributed by atoms with van der Waals surface area (Å²) in [5.74, 6) is 0.409. The number of nitrogens with zero attached hydrogens (tertiary/aromatic N) is 1. The molecule has 0 aromatic heterocycles. The van der Waals surface area contributed by atoms with E-state index in [4.69, 9.17) is 14.2 Å². The summed E-state index contributed by atoms with van der Waals surface area (Å²) in [6.07, 6.45) is 2.32. The third kappa shape index (κ3) is 6.11. The molecule has 3 fully saturated rings. The zero-order valence-electron chi connectivity index (χ0n) is 24.9. The van der Waals surface area contributed by atoms with Crippen LogP contribution in [-0.4, -0.2) is 72.7 Å². The molecule has 3 aromatic carbocycles. The zero-order chi connectivity index (χ0) is 30.1. The smallest absolute Gasteiger partial charge is 0.411 e. The lowest BCUT2D eigenvalue weighted by Crippen LogP contribution is -2.60. The molecule has 3 heterocycles. The van der Waals surface area contributed by atoms with Crippen LogP contribution >= 0.6 is 0 Å². The zero-order valence-corrected chi connectivity index (χ0v) is 24.9. The van der Waals surface area contributed by atoms with Crippen molar-refractivity contribution in [3.05, 3.63) is 77.9 Å². The number of ether oxygens (including phenoxy) is 3. The number of quaternary nitrogens is 1. The van der Waals surface area contributed by atoms with Crippen LogP contribution in [0.5, 0.6) is 5.75 Å². The Bertz CT molecular complexity index is 1470. The van der Waals surface area contributed by atoms with Crippen LogP contribution in [0.25, 0.3) is 11.1 Å². The number of aryl methyl sites for hydroxylation is 1. The molecule has 2 bridgehead atoms. The number of likely N-dealkylation sites (N-methyl/N-ethyl adjacent to an activating group) is 1. The summed E-state index contributed by atoms with van der Waals surface area (Å²) < 4.78 is 18.4. The molecule has 2 amide bonds. The molecule has 0 radical (unpaired) electrons. The quantitative estimate of drug-likeness (QED) is 0.225. The van der Waals surface area contributed by atoms with Crippen LogP contribution in [0.1, 0.15) is 37.3 Å². The Kier molecular flexibility index (Phi) is 8.13. The standard InChI is InChI=1S/C34H39N3O6/c1-4-41-30-17-24(13-12-23(30)20-38)35-31(39)15-11-21-10-14-26(22-8-6-5-7-9-22)27(16-21)36-34(40)42-25-18-28-32-33(43-32)29(19-25)37(28,2)3/h5-10,12-14,16-17,25,28-29,32-33,38H,4,11,15,18-20H2,1-3H3,(H-,35,36,39,40)/p+1/t25?,28-,29+,32-,33+. The Morgan fingerprint density at radius 1 is 0.977 bits per heavy atom. The van der Waals surface area contributed by atoms with Gasteiger partial charge in [-0.3, -0.25) is 10.1 Å². The molecule has 3 aliphatic heterocycles. The molecule has 226 valence electrons. The largest absolute Gasteiger partial charge is 0.493 e. The lowest BCUT2D eigenvalue weighted by atomic mass is 9.96. The van der Waals surface area contributed by atoms with E-state index in [1.54, 1.807) is 18.2 Å². The maximum Gasteiger partial charge on any atom is 0.411 e. The fourth-order valence-electron chi connectivity index (χ4n) is 6.85. The summed E-state index contributed by atoms with van der Waals surface area (Å²) in [6.45, 7) is 2.19. The third-order valence-corrected chi connectivity index (χ3v) is 9.18. The van der Waals surface area contributed by atoms with Crippen molar-refractivity contribution < 1.29 is 33.4 Å². The summed E-state index contributed by atoms with van der Waals surface area (Å²) in [4.78, 5) is 26.0. The second-order valence-electron chi connectivity index (χ2n) is 12.2. The first-order valence-corrected chi connectivity index (χ1v) is 15.1. The van der Waals surface area contributed by atoms with Crippen molar-refractivity contribution >= 4 is 23.4 Å². The highest BCUT2D eigenvalue weighted by Crippen LogP contribution is 2.51. The molecule has 3 N–H and O–H groups in total. The average molecular weight is 587 g/mol. The molecular formula is C34H40N3O6+. The van der Waals surface area contributed by atoms with Gasteiger partial charge in [0, 0.05) is 42.1 Å². The highest BCUT2D eigenvalue weighted by molar-refractivity contribution is 5.93. The van der Waals surface area contributed by atoms with Crippen molar-refractivity contribution in [2.45, 2.75) is 69.6 Å². The maximum atomic E-state index is 13.2. The number of anilines is 2. The van der Waals surface area contributed by atoms with Gasteiger partial charge < -0.3 is 29.1 Å². The maximum absolute atomic E-state index is 13.2. The number of benzene rings is 3. The van der Waals surface area contributed by atoms with E-state index in [0.717, 1.165) is 34.0 Å². The van der Waals surface area contributed by atoms with Crippen molar-refractivity contribution in [1.29, 1.82) is 0 Å². The number of epoxide rings is 1. The minimum absolute atomic E-state index is 0.137. The second kappa shape index (κ2) is 12.0. The lowest BCUT2D eigenvalue weighted by Gasteiger charge is -2.45. The van der Waals surface area contributed by atoms with E-state index in [9.17, 15) is 14.7 Å². The summed E-state index contributed by atoms with van der Waals surface area (Å²) >= 11 is 0. The molecule has 5 atom stereocenters. The Balaban J connectivity index is 1.12. The van der Waals surface area contributed by atoms with Gasteiger partial charge in [0.1, 0.15) is 36.1 Å². The van der Waals surface area contributed by atoms with Crippen LogP contribution in [0.2, 0.25) is 0 Å². The first-order chi connectivity index (χ1) is 20.8. The molecule has 0 aliphatic carbocycles. The van der Waals surface area contributed by atoms with E-state index < -0.39 is 6.09 Å². The number of fused-ring (bicyclic) bond motifs is 5. The van der Waals surface area contributed by atoms with E-state index in [1.807, 2.05) is 55.5 Å². The second-order valence-corrected chi connectivity index (χ2v) is 12.2. The monoisotopic (exact) mass is 586 g/mol. The first kappa shape index (κ1) is 29.2. The van der Waals surface area contributed by atoms with E-state index in [0.29, 0.717) is 60.0 Å². The van der Waals surface area contributed by atoms with Gasteiger partial charge in [-0.1, -0.05) is 48.5 Å². The number of aliphatic hydroxyl groups excluding tert-OH is 1. The highest BCUT2D eigenvalue weighted by atomic mass is 16.6.